The Bertz CT molecular complexity index is 1780. The molecule has 172 valence electrons. The van der Waals surface area contributed by atoms with E-state index >= 15 is 0 Å². The van der Waals surface area contributed by atoms with Gasteiger partial charge in [-0.25, -0.2) is 0 Å². The third kappa shape index (κ3) is 2.72. The maximum Gasteiger partial charge on any atom is 0.0944 e. The van der Waals surface area contributed by atoms with Gasteiger partial charge < -0.3 is 13.6 Å². The first-order valence-corrected chi connectivity index (χ1v) is 12.3. The molecule has 2 unspecified atom stereocenters. The molecule has 2 atom stereocenters. The maximum atomic E-state index is 5.96. The van der Waals surface area contributed by atoms with Gasteiger partial charge >= 0.3 is 0 Å². The van der Waals surface area contributed by atoms with Crippen molar-refractivity contribution in [1.82, 2.24) is 9.13 Å². The van der Waals surface area contributed by atoms with Gasteiger partial charge in [-0.15, -0.1) is 12.8 Å². The van der Waals surface area contributed by atoms with E-state index in [4.69, 9.17) is 17.3 Å². The first-order chi connectivity index (χ1) is 17.8. The molecule has 0 spiro atoms. The summed E-state index contributed by atoms with van der Waals surface area (Å²) in [6.45, 7) is 1.02. The standard InChI is InChI=1S/C33H24N2O/c1-3-18-34-27-16-10-8-14-25(27)31-29(23-17-20-36-21-23)33-30(28(32(31)34)22-11-5-6-12-22)24-13-7-9-15-26(24)35(33)19-4-2/h1-2,5,7-17,20-21,28-29H,6,18-19H2. The molecule has 5 aromatic rings. The van der Waals surface area contributed by atoms with E-state index in [0.29, 0.717) is 13.1 Å². The summed E-state index contributed by atoms with van der Waals surface area (Å²) < 4.78 is 10.3. The van der Waals surface area contributed by atoms with E-state index in [9.17, 15) is 0 Å². The van der Waals surface area contributed by atoms with Crippen molar-refractivity contribution in [3.05, 3.63) is 119 Å². The lowest BCUT2D eigenvalue weighted by Crippen LogP contribution is -2.23. The first kappa shape index (κ1) is 20.7. The number of terminal acetylenes is 2. The summed E-state index contributed by atoms with van der Waals surface area (Å²) in [7, 11) is 0. The van der Waals surface area contributed by atoms with Crippen LogP contribution in [0.15, 0.2) is 95.3 Å². The topological polar surface area (TPSA) is 23.0 Å². The summed E-state index contributed by atoms with van der Waals surface area (Å²) in [5, 5.41) is 2.47. The predicted octanol–water partition coefficient (Wildman–Crippen LogP) is 6.97. The minimum absolute atomic E-state index is 0.0272. The van der Waals surface area contributed by atoms with Gasteiger partial charge in [0.1, 0.15) is 0 Å². The Balaban J connectivity index is 1.71. The maximum absolute atomic E-state index is 5.96. The highest BCUT2D eigenvalue weighted by Gasteiger charge is 2.43. The van der Waals surface area contributed by atoms with Crippen molar-refractivity contribution in [2.45, 2.75) is 31.3 Å². The van der Waals surface area contributed by atoms with Crippen molar-refractivity contribution in [1.29, 1.82) is 0 Å². The fourth-order valence-corrected chi connectivity index (χ4v) is 6.50. The molecule has 0 bridgehead atoms. The van der Waals surface area contributed by atoms with Crippen LogP contribution in [0.5, 0.6) is 0 Å². The molecule has 0 saturated heterocycles. The molecule has 0 N–H and O–H groups in total. The number of nitrogens with zero attached hydrogens (tertiary/aromatic N) is 2. The van der Waals surface area contributed by atoms with Crippen LogP contribution in [-0.4, -0.2) is 9.13 Å². The van der Waals surface area contributed by atoms with E-state index in [2.05, 4.69) is 93.8 Å². The van der Waals surface area contributed by atoms with Gasteiger partial charge in [0.25, 0.3) is 0 Å². The Morgan fingerprint density at radius 3 is 1.97 bits per heavy atom. The molecular formula is C33H24N2O. The van der Waals surface area contributed by atoms with Crippen molar-refractivity contribution in [2.75, 3.05) is 0 Å². The summed E-state index contributed by atoms with van der Waals surface area (Å²) in [6, 6.07) is 19.3. The third-order valence-corrected chi connectivity index (χ3v) is 7.74. The van der Waals surface area contributed by atoms with Gasteiger partial charge in [-0.3, -0.25) is 0 Å². The van der Waals surface area contributed by atoms with Crippen molar-refractivity contribution in [2.24, 2.45) is 0 Å². The van der Waals surface area contributed by atoms with Gasteiger partial charge in [-0.05, 0) is 41.3 Å². The molecule has 2 aliphatic carbocycles. The molecule has 36 heavy (non-hydrogen) atoms. The SMILES string of the molecule is C#CCn1c2c(c3ccccc31)C(c1ccoc1)c1c(c3ccccc3n1CC#C)C2C1=CCC=C1. The van der Waals surface area contributed by atoms with Crippen LogP contribution in [-0.2, 0) is 13.1 Å². The Kier molecular flexibility index (Phi) is 4.60. The average Bonchev–Trinajstić information content (AvgIpc) is 3.71. The lowest BCUT2D eigenvalue weighted by atomic mass is 9.72. The van der Waals surface area contributed by atoms with Crippen LogP contribution >= 0.6 is 0 Å². The van der Waals surface area contributed by atoms with Crippen molar-refractivity contribution in [3.63, 3.8) is 0 Å². The number of para-hydroxylation sites is 2. The summed E-state index contributed by atoms with van der Waals surface area (Å²) in [5.41, 5.74) is 9.90. The van der Waals surface area contributed by atoms with Crippen LogP contribution in [0.1, 0.15) is 46.3 Å². The van der Waals surface area contributed by atoms with E-state index < -0.39 is 0 Å². The monoisotopic (exact) mass is 464 g/mol. The van der Waals surface area contributed by atoms with E-state index in [-0.39, 0.29) is 11.8 Å². The third-order valence-electron chi connectivity index (χ3n) is 7.74. The second-order valence-corrected chi connectivity index (χ2v) is 9.48. The van der Waals surface area contributed by atoms with E-state index in [1.165, 1.54) is 49.9 Å². The normalized spacial score (nSPS) is 18.1. The molecule has 2 aliphatic rings. The number of aromatic nitrogens is 2. The highest BCUT2D eigenvalue weighted by molar-refractivity contribution is 5.94. The van der Waals surface area contributed by atoms with Gasteiger partial charge in [-0.1, -0.05) is 66.5 Å². The zero-order valence-corrected chi connectivity index (χ0v) is 19.8. The number of hydrogen-bond acceptors (Lipinski definition) is 1. The Labute approximate surface area is 210 Å². The molecule has 2 aromatic carbocycles. The molecule has 3 nitrogen and oxygen atoms in total. The second-order valence-electron chi connectivity index (χ2n) is 9.48. The molecule has 0 saturated carbocycles. The molecule has 3 heterocycles. The van der Waals surface area contributed by atoms with Gasteiger partial charge in [0, 0.05) is 38.8 Å². The number of benzene rings is 2. The highest BCUT2D eigenvalue weighted by Crippen LogP contribution is 2.55. The quantitative estimate of drug-likeness (QED) is 0.264. The zero-order chi connectivity index (χ0) is 24.2. The average molecular weight is 465 g/mol. The van der Waals surface area contributed by atoms with E-state index in [1.807, 2.05) is 6.26 Å². The predicted molar refractivity (Wildman–Crippen MR) is 145 cm³/mol. The zero-order valence-electron chi connectivity index (χ0n) is 19.8. The highest BCUT2D eigenvalue weighted by atomic mass is 16.3. The lowest BCUT2D eigenvalue weighted by molar-refractivity contribution is 0.561. The Morgan fingerprint density at radius 1 is 0.806 bits per heavy atom. The molecule has 3 aromatic heterocycles. The smallest absolute Gasteiger partial charge is 0.0944 e. The van der Waals surface area contributed by atoms with E-state index in [1.54, 1.807) is 6.26 Å². The van der Waals surface area contributed by atoms with Crippen molar-refractivity contribution in [3.8, 4) is 24.7 Å². The fourth-order valence-electron chi connectivity index (χ4n) is 6.50. The first-order valence-electron chi connectivity index (χ1n) is 12.3. The molecule has 3 heteroatoms. The summed E-state index contributed by atoms with van der Waals surface area (Å²) >= 11 is 0. The molecule has 0 fully saturated rings. The summed E-state index contributed by atoms with van der Waals surface area (Å²) in [5.74, 6) is 5.89. The number of rotatable bonds is 4. The molecular weight excluding hydrogens is 440 g/mol. The van der Waals surface area contributed by atoms with Crippen LogP contribution < -0.4 is 0 Å². The van der Waals surface area contributed by atoms with E-state index in [0.717, 1.165) is 12.0 Å². The van der Waals surface area contributed by atoms with Gasteiger partial charge in [0.15, 0.2) is 0 Å². The van der Waals surface area contributed by atoms with Crippen LogP contribution in [0.25, 0.3) is 21.8 Å². The van der Waals surface area contributed by atoms with Crippen LogP contribution in [0.2, 0.25) is 0 Å². The van der Waals surface area contributed by atoms with Gasteiger partial charge in [-0.2, -0.15) is 0 Å². The minimum atomic E-state index is -0.0272. The molecule has 0 amide bonds. The minimum Gasteiger partial charge on any atom is -0.472 e. The van der Waals surface area contributed by atoms with Gasteiger partial charge in [0.2, 0.25) is 0 Å². The fraction of sp³-hybridized carbons (Fsp3) is 0.152. The summed E-state index contributed by atoms with van der Waals surface area (Å²) in [6.07, 6.45) is 23.4. The van der Waals surface area contributed by atoms with Crippen LogP contribution in [0.4, 0.5) is 0 Å². The number of fused-ring (bicyclic) bond motifs is 6. The van der Waals surface area contributed by atoms with Gasteiger partial charge in [0.05, 0.1) is 37.5 Å². The molecule has 7 rings (SSSR count). The number of allylic oxidation sites excluding steroid dienone is 4. The Morgan fingerprint density at radius 2 is 1.42 bits per heavy atom. The second kappa shape index (κ2) is 7.98. The van der Waals surface area contributed by atoms with Crippen LogP contribution in [0.3, 0.4) is 0 Å². The van der Waals surface area contributed by atoms with Crippen LogP contribution in [0, 0.1) is 24.7 Å². The summed E-state index contributed by atoms with van der Waals surface area (Å²) in [4.78, 5) is 0. The lowest BCUT2D eigenvalue weighted by Gasteiger charge is -2.33. The van der Waals surface area contributed by atoms with Crippen molar-refractivity contribution >= 4 is 21.8 Å². The van der Waals surface area contributed by atoms with Crippen molar-refractivity contribution < 1.29 is 4.42 Å². The number of furan rings is 1. The largest absolute Gasteiger partial charge is 0.472 e. The number of hydrogen-bond donors (Lipinski definition) is 0. The molecule has 0 radical (unpaired) electrons. The Hall–Kier alpha value is -4.60. The molecule has 0 aliphatic heterocycles.